The SMILES string of the molecule is CC(=O)Oc1cccc(C(=O)NCCCC(CCCNC(=O)c2cccc(C)c2C)(CCCNC(=O)c2cccc(OC(C)=O)c2OC(C)=O)NC(=O)CCC(=O)O)c1OC(C)=O. The molecule has 0 saturated heterocycles. The molecule has 3 aromatic rings. The van der Waals surface area contributed by atoms with E-state index >= 15 is 0 Å². The summed E-state index contributed by atoms with van der Waals surface area (Å²) in [5, 5.41) is 20.8. The van der Waals surface area contributed by atoms with Crippen molar-refractivity contribution in [2.75, 3.05) is 19.6 Å². The average molecular weight is 875 g/mol. The van der Waals surface area contributed by atoms with Crippen molar-refractivity contribution < 1.29 is 67.2 Å². The minimum Gasteiger partial charge on any atom is -0.481 e. The fraction of sp³-hybridized carbons (Fsp3) is 0.400. The number of amides is 4. The van der Waals surface area contributed by atoms with E-state index in [4.69, 9.17) is 18.9 Å². The zero-order valence-corrected chi connectivity index (χ0v) is 36.2. The van der Waals surface area contributed by atoms with Crippen molar-refractivity contribution in [1.29, 1.82) is 0 Å². The van der Waals surface area contributed by atoms with Crippen molar-refractivity contribution in [2.45, 2.75) is 98.4 Å². The molecular weight excluding hydrogens is 821 g/mol. The first-order valence-electron chi connectivity index (χ1n) is 20.3. The predicted molar refractivity (Wildman–Crippen MR) is 226 cm³/mol. The fourth-order valence-electron chi connectivity index (χ4n) is 6.67. The number of ether oxygens (including phenoxy) is 4. The molecule has 0 aliphatic rings. The van der Waals surface area contributed by atoms with E-state index in [1.165, 1.54) is 36.4 Å². The van der Waals surface area contributed by atoms with Crippen molar-refractivity contribution in [1.82, 2.24) is 21.3 Å². The van der Waals surface area contributed by atoms with E-state index in [0.29, 0.717) is 12.0 Å². The van der Waals surface area contributed by atoms with Crippen molar-refractivity contribution >= 4 is 53.5 Å². The Morgan fingerprint density at radius 3 is 1.30 bits per heavy atom. The van der Waals surface area contributed by atoms with Gasteiger partial charge in [0.05, 0.1) is 17.5 Å². The first-order chi connectivity index (χ1) is 29.8. The molecule has 5 N–H and O–H groups in total. The summed E-state index contributed by atoms with van der Waals surface area (Å²) in [6, 6.07) is 13.8. The molecule has 0 aliphatic carbocycles. The van der Waals surface area contributed by atoms with Crippen LogP contribution in [0.1, 0.15) is 121 Å². The Hall–Kier alpha value is -7.11. The highest BCUT2D eigenvalue weighted by atomic mass is 16.6. The molecule has 0 aliphatic heterocycles. The number of aryl methyl sites for hydroxylation is 1. The lowest BCUT2D eigenvalue weighted by molar-refractivity contribution is -0.139. The van der Waals surface area contributed by atoms with Crippen LogP contribution in [-0.2, 0) is 28.8 Å². The van der Waals surface area contributed by atoms with Gasteiger partial charge in [-0.05, 0) is 93.8 Å². The second-order valence-electron chi connectivity index (χ2n) is 14.7. The molecule has 18 heteroatoms. The number of carboxylic acids is 1. The molecule has 0 atom stereocenters. The maximum absolute atomic E-state index is 13.4. The third-order valence-electron chi connectivity index (χ3n) is 9.62. The fourth-order valence-corrected chi connectivity index (χ4v) is 6.67. The van der Waals surface area contributed by atoms with Gasteiger partial charge in [0.2, 0.25) is 5.91 Å². The summed E-state index contributed by atoms with van der Waals surface area (Å²) in [5.41, 5.74) is 1.08. The summed E-state index contributed by atoms with van der Waals surface area (Å²) in [6.45, 7) is 8.59. The lowest BCUT2D eigenvalue weighted by Crippen LogP contribution is -2.50. The number of carbonyl (C=O) groups excluding carboxylic acids is 8. The number of rotatable bonds is 23. The highest BCUT2D eigenvalue weighted by Gasteiger charge is 2.32. The van der Waals surface area contributed by atoms with Crippen LogP contribution in [0.25, 0.3) is 0 Å². The largest absolute Gasteiger partial charge is 0.481 e. The molecule has 0 unspecified atom stereocenters. The molecule has 0 radical (unpaired) electrons. The van der Waals surface area contributed by atoms with E-state index in [9.17, 15) is 48.3 Å². The maximum atomic E-state index is 13.4. The Bertz CT molecular complexity index is 2100. The van der Waals surface area contributed by atoms with Gasteiger partial charge in [-0.1, -0.05) is 24.3 Å². The van der Waals surface area contributed by atoms with Crippen LogP contribution < -0.4 is 40.2 Å². The third-order valence-corrected chi connectivity index (χ3v) is 9.62. The monoisotopic (exact) mass is 874 g/mol. The van der Waals surface area contributed by atoms with E-state index < -0.39 is 59.5 Å². The van der Waals surface area contributed by atoms with Crippen molar-refractivity contribution in [2.24, 2.45) is 0 Å². The number of carboxylic acid groups (broad SMARTS) is 1. The average Bonchev–Trinajstić information content (AvgIpc) is 3.20. The topological polar surface area (TPSA) is 259 Å². The highest BCUT2D eigenvalue weighted by Crippen LogP contribution is 2.33. The standard InChI is InChI=1S/C45H54N4O14/c1-27-13-7-14-33(28(27)2)42(57)46-24-10-21-45(49-38(54)19-20-39(55)56,22-11-25-47-43(58)34-15-8-17-36(60-29(3)50)40(34)62-31(5)52)23-12-26-48-44(59)35-16-9-18-37(61-30(4)51)41(35)63-32(6)53/h7-9,13-18H,10-12,19-26H2,1-6H3,(H,46,57)(H,47,58)(H,48,59)(H,49,54)(H,55,56). The minimum absolute atomic E-state index is 0.0423. The predicted octanol–water partition coefficient (Wildman–Crippen LogP) is 4.65. The molecule has 4 amide bonds. The number of nitrogens with one attached hydrogen (secondary N) is 4. The van der Waals surface area contributed by atoms with Gasteiger partial charge in [0.25, 0.3) is 17.7 Å². The van der Waals surface area contributed by atoms with Gasteiger partial charge in [0.15, 0.2) is 23.0 Å². The Morgan fingerprint density at radius 2 is 0.905 bits per heavy atom. The Morgan fingerprint density at radius 1 is 0.524 bits per heavy atom. The van der Waals surface area contributed by atoms with Crippen LogP contribution in [0.3, 0.4) is 0 Å². The molecule has 0 heterocycles. The Balaban J connectivity index is 1.87. The number of hydrogen-bond acceptors (Lipinski definition) is 13. The molecular formula is C45H54N4O14. The summed E-state index contributed by atoms with van der Waals surface area (Å²) in [6.07, 6.45) is 0.852. The van der Waals surface area contributed by atoms with Crippen molar-refractivity contribution in [3.8, 4) is 23.0 Å². The first-order valence-corrected chi connectivity index (χ1v) is 20.3. The summed E-state index contributed by atoms with van der Waals surface area (Å²) in [7, 11) is 0. The van der Waals surface area contributed by atoms with E-state index in [1.807, 2.05) is 19.9 Å². The van der Waals surface area contributed by atoms with Gasteiger partial charge in [-0.3, -0.25) is 43.2 Å². The smallest absolute Gasteiger partial charge is 0.308 e. The molecule has 338 valence electrons. The van der Waals surface area contributed by atoms with Gasteiger partial charge < -0.3 is 45.3 Å². The van der Waals surface area contributed by atoms with Crippen LogP contribution in [0, 0.1) is 13.8 Å². The second-order valence-corrected chi connectivity index (χ2v) is 14.7. The van der Waals surface area contributed by atoms with Crippen LogP contribution in [0.4, 0.5) is 0 Å². The number of aliphatic carboxylic acids is 1. The van der Waals surface area contributed by atoms with Crippen LogP contribution in [-0.4, -0.2) is 83.8 Å². The molecule has 3 aromatic carbocycles. The molecule has 0 bridgehead atoms. The molecule has 0 fully saturated rings. The van der Waals surface area contributed by atoms with Crippen LogP contribution in [0.2, 0.25) is 0 Å². The summed E-state index contributed by atoms with van der Waals surface area (Å²) < 4.78 is 20.7. The van der Waals surface area contributed by atoms with Gasteiger partial charge in [-0.2, -0.15) is 0 Å². The summed E-state index contributed by atoms with van der Waals surface area (Å²) in [4.78, 5) is 112. The number of carbonyl (C=O) groups is 9. The second kappa shape index (κ2) is 24.4. The summed E-state index contributed by atoms with van der Waals surface area (Å²) >= 11 is 0. The van der Waals surface area contributed by atoms with E-state index in [1.54, 1.807) is 12.1 Å². The van der Waals surface area contributed by atoms with E-state index in [2.05, 4.69) is 21.3 Å². The summed E-state index contributed by atoms with van der Waals surface area (Å²) in [5.74, 6) is -7.00. The van der Waals surface area contributed by atoms with Crippen molar-refractivity contribution in [3.63, 3.8) is 0 Å². The zero-order valence-electron chi connectivity index (χ0n) is 36.2. The van der Waals surface area contributed by atoms with Gasteiger partial charge in [0, 0.05) is 64.9 Å². The quantitative estimate of drug-likeness (QED) is 0.0494. The number of hydrogen-bond donors (Lipinski definition) is 5. The highest BCUT2D eigenvalue weighted by molar-refractivity contribution is 6.00. The van der Waals surface area contributed by atoms with Gasteiger partial charge in [-0.15, -0.1) is 0 Å². The van der Waals surface area contributed by atoms with Gasteiger partial charge in [-0.25, -0.2) is 0 Å². The van der Waals surface area contributed by atoms with Crippen LogP contribution in [0.15, 0.2) is 54.6 Å². The molecule has 0 aromatic heterocycles. The number of para-hydroxylation sites is 2. The molecule has 3 rings (SSSR count). The normalized spacial score (nSPS) is 10.8. The molecule has 0 spiro atoms. The van der Waals surface area contributed by atoms with Crippen molar-refractivity contribution in [3.05, 3.63) is 82.4 Å². The van der Waals surface area contributed by atoms with Crippen LogP contribution >= 0.6 is 0 Å². The maximum Gasteiger partial charge on any atom is 0.308 e. The Labute approximate surface area is 364 Å². The lowest BCUT2D eigenvalue weighted by atomic mass is 9.83. The Kier molecular flexibility index (Phi) is 19.4. The van der Waals surface area contributed by atoms with Gasteiger partial charge in [0.1, 0.15) is 0 Å². The molecule has 63 heavy (non-hydrogen) atoms. The zero-order chi connectivity index (χ0) is 46.7. The minimum atomic E-state index is -1.17. The first kappa shape index (κ1) is 50.2. The van der Waals surface area contributed by atoms with E-state index in [-0.39, 0.29) is 98.2 Å². The molecule has 0 saturated carbocycles. The number of benzene rings is 3. The molecule has 18 nitrogen and oxygen atoms in total. The number of esters is 4. The van der Waals surface area contributed by atoms with E-state index in [0.717, 1.165) is 38.8 Å². The van der Waals surface area contributed by atoms with Crippen LogP contribution in [0.5, 0.6) is 23.0 Å². The van der Waals surface area contributed by atoms with Gasteiger partial charge >= 0.3 is 29.8 Å². The lowest BCUT2D eigenvalue weighted by Gasteiger charge is -2.36. The third kappa shape index (κ3) is 16.4.